The minimum absolute atomic E-state index is 0.784. The second-order valence-electron chi connectivity index (χ2n) is 4.88. The molecule has 112 valence electrons. The van der Waals surface area contributed by atoms with Gasteiger partial charge < -0.3 is 9.29 Å². The molecule has 1 N–H and O–H groups in total. The van der Waals surface area contributed by atoms with Crippen molar-refractivity contribution in [1.82, 2.24) is 0 Å². The first-order chi connectivity index (χ1) is 10.7. The van der Waals surface area contributed by atoms with Crippen LogP contribution >= 0.6 is 10.3 Å². The fourth-order valence-corrected chi connectivity index (χ4v) is 4.86. The van der Waals surface area contributed by atoms with Crippen LogP contribution in [-0.2, 0) is 0 Å². The third-order valence-corrected chi connectivity index (χ3v) is 6.43. The molecule has 0 radical (unpaired) electrons. The van der Waals surface area contributed by atoms with Gasteiger partial charge in [-0.3, -0.25) is 0 Å². The first kappa shape index (κ1) is 14.7. The minimum atomic E-state index is -2.26. The zero-order valence-electron chi connectivity index (χ0n) is 12.3. The lowest BCUT2D eigenvalue weighted by atomic mass is 10.3. The van der Waals surface area contributed by atoms with E-state index < -0.39 is 10.3 Å². The van der Waals surface area contributed by atoms with Gasteiger partial charge in [0.2, 0.25) is 0 Å². The zero-order valence-corrected chi connectivity index (χ0v) is 13.2. The summed E-state index contributed by atoms with van der Waals surface area (Å²) in [6.07, 6.45) is 0. The lowest BCUT2D eigenvalue weighted by molar-refractivity contribution is 0.414. The van der Waals surface area contributed by atoms with Gasteiger partial charge in [0, 0.05) is 14.7 Å². The van der Waals surface area contributed by atoms with Gasteiger partial charge in [0.05, 0.1) is 7.11 Å². The highest BCUT2D eigenvalue weighted by Gasteiger charge is 2.28. The molecule has 0 saturated heterocycles. The quantitative estimate of drug-likeness (QED) is 0.694. The van der Waals surface area contributed by atoms with Gasteiger partial charge in [-0.1, -0.05) is 46.7 Å². The van der Waals surface area contributed by atoms with Gasteiger partial charge in [-0.15, -0.1) is 0 Å². The molecule has 0 aromatic heterocycles. The van der Waals surface area contributed by atoms with E-state index in [1.807, 2.05) is 84.9 Å². The molecule has 0 aliphatic carbocycles. The molecule has 0 amide bonds. The molecule has 2 nitrogen and oxygen atoms in total. The van der Waals surface area contributed by atoms with Crippen molar-refractivity contribution < 1.29 is 9.29 Å². The van der Waals surface area contributed by atoms with Crippen molar-refractivity contribution in [1.29, 1.82) is 0 Å². The summed E-state index contributed by atoms with van der Waals surface area (Å²) < 4.78 is 16.9. The van der Waals surface area contributed by atoms with Gasteiger partial charge in [0.15, 0.2) is 0 Å². The molecule has 0 spiro atoms. The van der Waals surface area contributed by atoms with Crippen molar-refractivity contribution in [3.05, 3.63) is 84.9 Å². The van der Waals surface area contributed by atoms with Crippen LogP contribution in [-0.4, -0.2) is 11.7 Å². The summed E-state index contributed by atoms with van der Waals surface area (Å²) in [5, 5.41) is 0. The standard InChI is InChI=1S/C19H18O2S/c1-21-16-12-14-19(15-13-16)22(20,17-8-4-2-5-9-17)18-10-6-3-7-11-18/h2-15,20H,1H3. The first-order valence-corrected chi connectivity index (χ1v) is 8.64. The van der Waals surface area contributed by atoms with Crippen molar-refractivity contribution in [2.45, 2.75) is 14.7 Å². The molecule has 0 heterocycles. The number of methoxy groups -OCH3 is 1. The third-order valence-electron chi connectivity index (χ3n) is 3.57. The normalized spacial score (nSPS) is 11.9. The van der Waals surface area contributed by atoms with Gasteiger partial charge in [-0.05, 0) is 48.5 Å². The number of ether oxygens (including phenoxy) is 1. The Balaban J connectivity index is 2.18. The molecule has 0 bridgehead atoms. The fourth-order valence-electron chi connectivity index (χ4n) is 2.42. The zero-order chi connectivity index (χ0) is 15.4. The second kappa shape index (κ2) is 6.26. The third kappa shape index (κ3) is 2.61. The van der Waals surface area contributed by atoms with Crippen molar-refractivity contribution in [2.75, 3.05) is 7.11 Å². The molecule has 22 heavy (non-hydrogen) atoms. The van der Waals surface area contributed by atoms with Crippen LogP contribution in [0.3, 0.4) is 0 Å². The van der Waals surface area contributed by atoms with Crippen molar-refractivity contribution in [3.8, 4) is 5.75 Å². The summed E-state index contributed by atoms with van der Waals surface area (Å²) in [7, 11) is -0.614. The minimum Gasteiger partial charge on any atom is -0.497 e. The monoisotopic (exact) mass is 310 g/mol. The van der Waals surface area contributed by atoms with E-state index in [2.05, 4.69) is 0 Å². The van der Waals surface area contributed by atoms with Crippen molar-refractivity contribution >= 4 is 10.3 Å². The van der Waals surface area contributed by atoms with E-state index in [9.17, 15) is 4.55 Å². The summed E-state index contributed by atoms with van der Waals surface area (Å²) >= 11 is 0. The second-order valence-corrected chi connectivity index (χ2v) is 7.46. The van der Waals surface area contributed by atoms with Crippen molar-refractivity contribution in [2.24, 2.45) is 0 Å². The molecule has 3 aromatic rings. The van der Waals surface area contributed by atoms with E-state index in [1.54, 1.807) is 7.11 Å². The Bertz CT molecular complexity index is 685. The summed E-state index contributed by atoms with van der Waals surface area (Å²) in [4.78, 5) is 2.74. The van der Waals surface area contributed by atoms with Gasteiger partial charge >= 0.3 is 0 Å². The molecular weight excluding hydrogens is 292 g/mol. The largest absolute Gasteiger partial charge is 0.497 e. The van der Waals surface area contributed by atoms with Gasteiger partial charge in [0.1, 0.15) is 5.75 Å². The maximum Gasteiger partial charge on any atom is 0.118 e. The van der Waals surface area contributed by atoms with Gasteiger partial charge in [-0.2, -0.15) is 0 Å². The highest BCUT2D eigenvalue weighted by molar-refractivity contribution is 8.29. The van der Waals surface area contributed by atoms with Crippen LogP contribution in [0.4, 0.5) is 0 Å². The SMILES string of the molecule is COc1ccc(S(O)(c2ccccc2)c2ccccc2)cc1. The summed E-state index contributed by atoms with van der Waals surface area (Å²) in [6, 6.07) is 27.3. The maximum absolute atomic E-state index is 11.6. The van der Waals surface area contributed by atoms with Crippen molar-refractivity contribution in [3.63, 3.8) is 0 Å². The Morgan fingerprint density at radius 3 is 1.45 bits per heavy atom. The molecule has 0 fully saturated rings. The Kier molecular flexibility index (Phi) is 4.18. The topological polar surface area (TPSA) is 29.5 Å². The first-order valence-electron chi connectivity index (χ1n) is 7.05. The molecule has 3 rings (SSSR count). The molecule has 0 aliphatic rings. The van der Waals surface area contributed by atoms with Crippen LogP contribution < -0.4 is 4.74 Å². The summed E-state index contributed by atoms with van der Waals surface area (Å²) in [5.74, 6) is 0.784. The van der Waals surface area contributed by atoms with E-state index in [1.165, 1.54) is 0 Å². The molecular formula is C19H18O2S. The molecule has 3 aromatic carbocycles. The molecule has 0 saturated carbocycles. The predicted octanol–water partition coefficient (Wildman–Crippen LogP) is 5.45. The lowest BCUT2D eigenvalue weighted by Crippen LogP contribution is -2.02. The van der Waals surface area contributed by atoms with Crippen LogP contribution in [0.15, 0.2) is 99.6 Å². The van der Waals surface area contributed by atoms with Crippen LogP contribution in [0, 0.1) is 0 Å². The van der Waals surface area contributed by atoms with Crippen LogP contribution in [0.25, 0.3) is 0 Å². The Morgan fingerprint density at radius 2 is 1.05 bits per heavy atom. The van der Waals surface area contributed by atoms with Crippen LogP contribution in [0.5, 0.6) is 5.75 Å². The number of hydrogen-bond donors (Lipinski definition) is 1. The van der Waals surface area contributed by atoms with Gasteiger partial charge in [0.25, 0.3) is 0 Å². The Hall–Kier alpha value is -2.23. The van der Waals surface area contributed by atoms with E-state index >= 15 is 0 Å². The van der Waals surface area contributed by atoms with E-state index in [4.69, 9.17) is 4.74 Å². The highest BCUT2D eigenvalue weighted by atomic mass is 32.3. The number of hydrogen-bond acceptors (Lipinski definition) is 2. The molecule has 0 aliphatic heterocycles. The maximum atomic E-state index is 11.6. The predicted molar refractivity (Wildman–Crippen MR) is 90.9 cm³/mol. The highest BCUT2D eigenvalue weighted by Crippen LogP contribution is 2.65. The fraction of sp³-hybridized carbons (Fsp3) is 0.0526. The van der Waals surface area contributed by atoms with Gasteiger partial charge in [-0.25, -0.2) is 0 Å². The molecule has 0 unspecified atom stereocenters. The van der Waals surface area contributed by atoms with E-state index in [0.717, 1.165) is 20.4 Å². The average molecular weight is 310 g/mol. The smallest absolute Gasteiger partial charge is 0.118 e. The summed E-state index contributed by atoms with van der Waals surface area (Å²) in [6.45, 7) is 0. The van der Waals surface area contributed by atoms with E-state index in [-0.39, 0.29) is 0 Å². The van der Waals surface area contributed by atoms with E-state index in [0.29, 0.717) is 0 Å². The molecule has 3 heteroatoms. The Labute approximate surface area is 132 Å². The Morgan fingerprint density at radius 1 is 0.636 bits per heavy atom. The van der Waals surface area contributed by atoms with Crippen LogP contribution in [0.1, 0.15) is 0 Å². The number of rotatable bonds is 4. The van der Waals surface area contributed by atoms with Crippen LogP contribution in [0.2, 0.25) is 0 Å². The molecule has 0 atom stereocenters. The number of benzene rings is 3. The summed E-state index contributed by atoms with van der Waals surface area (Å²) in [5.41, 5.74) is 0. The lowest BCUT2D eigenvalue weighted by Gasteiger charge is -2.35. The average Bonchev–Trinajstić information content (AvgIpc) is 2.62.